The van der Waals surface area contributed by atoms with Crippen LogP contribution in [-0.2, 0) is 7.05 Å². The van der Waals surface area contributed by atoms with Crippen LogP contribution in [0.25, 0.3) is 10.9 Å². The minimum Gasteiger partial charge on any atom is -0.348 e. The van der Waals surface area contributed by atoms with Crippen LogP contribution in [0, 0.1) is 12.8 Å². The van der Waals surface area contributed by atoms with E-state index in [1.807, 2.05) is 6.07 Å². The summed E-state index contributed by atoms with van der Waals surface area (Å²) in [4.78, 5) is 0. The molecule has 1 aromatic heterocycles. The first-order valence-electron chi connectivity index (χ1n) is 6.58. The van der Waals surface area contributed by atoms with Gasteiger partial charge < -0.3 is 10.3 Å². The molecule has 1 aliphatic rings. The lowest BCUT2D eigenvalue weighted by atomic mass is 9.92. The molecule has 1 atom stereocenters. The van der Waals surface area contributed by atoms with E-state index < -0.39 is 0 Å². The van der Waals surface area contributed by atoms with Crippen molar-refractivity contribution in [1.29, 1.82) is 0 Å². The molecule has 96 valence electrons. The van der Waals surface area contributed by atoms with Crippen LogP contribution in [0.2, 0.25) is 5.02 Å². The molecule has 0 amide bonds. The quantitative estimate of drug-likeness (QED) is 0.900. The van der Waals surface area contributed by atoms with Gasteiger partial charge in [-0.1, -0.05) is 11.6 Å². The van der Waals surface area contributed by atoms with Crippen LogP contribution in [0.4, 0.5) is 0 Å². The molecule has 2 nitrogen and oxygen atoms in total. The topological polar surface area (TPSA) is 30.9 Å². The van der Waals surface area contributed by atoms with Crippen LogP contribution < -0.4 is 5.73 Å². The summed E-state index contributed by atoms with van der Waals surface area (Å²) in [5.74, 6) is 1.27. The van der Waals surface area contributed by atoms with Crippen molar-refractivity contribution in [2.75, 3.05) is 6.54 Å². The SMILES string of the molecule is Cc1c(C(CN)C2CC2)c2cc(Cl)ccc2n1C. The molecule has 0 saturated heterocycles. The summed E-state index contributed by atoms with van der Waals surface area (Å²) in [5, 5.41) is 2.09. The van der Waals surface area contributed by atoms with Gasteiger partial charge in [-0.25, -0.2) is 0 Å². The van der Waals surface area contributed by atoms with Crippen LogP contribution in [0.15, 0.2) is 18.2 Å². The van der Waals surface area contributed by atoms with Crippen molar-refractivity contribution < 1.29 is 0 Å². The number of nitrogens with two attached hydrogens (primary N) is 1. The van der Waals surface area contributed by atoms with Crippen molar-refractivity contribution in [2.24, 2.45) is 18.7 Å². The number of nitrogens with zero attached hydrogens (tertiary/aromatic N) is 1. The van der Waals surface area contributed by atoms with E-state index in [4.69, 9.17) is 17.3 Å². The standard InChI is InChI=1S/C15H19ClN2/c1-9-15(13(8-17)10-3-4-10)12-7-11(16)5-6-14(12)18(9)2/h5-7,10,13H,3-4,8,17H2,1-2H3. The summed E-state index contributed by atoms with van der Waals surface area (Å²) >= 11 is 6.15. The fourth-order valence-electron chi connectivity index (χ4n) is 3.09. The number of aromatic nitrogens is 1. The second kappa shape index (κ2) is 4.29. The van der Waals surface area contributed by atoms with Gasteiger partial charge in [-0.15, -0.1) is 0 Å². The van der Waals surface area contributed by atoms with Gasteiger partial charge in [-0.05, 0) is 56.0 Å². The largest absolute Gasteiger partial charge is 0.348 e. The van der Waals surface area contributed by atoms with Gasteiger partial charge >= 0.3 is 0 Å². The average Bonchev–Trinajstić information content (AvgIpc) is 3.15. The third-order valence-electron chi connectivity index (χ3n) is 4.32. The van der Waals surface area contributed by atoms with Crippen molar-refractivity contribution >= 4 is 22.5 Å². The van der Waals surface area contributed by atoms with Gasteiger partial charge in [0.25, 0.3) is 0 Å². The summed E-state index contributed by atoms with van der Waals surface area (Å²) in [6, 6.07) is 6.15. The lowest BCUT2D eigenvalue weighted by Crippen LogP contribution is -2.15. The summed E-state index contributed by atoms with van der Waals surface area (Å²) in [6.45, 7) is 2.92. The maximum atomic E-state index is 6.15. The van der Waals surface area contributed by atoms with Crippen molar-refractivity contribution in [3.63, 3.8) is 0 Å². The number of benzene rings is 1. The molecule has 1 saturated carbocycles. The minimum atomic E-state index is 0.493. The Kier molecular flexibility index (Phi) is 2.87. The van der Waals surface area contributed by atoms with Crippen LogP contribution in [0.5, 0.6) is 0 Å². The molecule has 1 unspecified atom stereocenters. The third-order valence-corrected chi connectivity index (χ3v) is 4.55. The molecule has 3 heteroatoms. The number of aryl methyl sites for hydroxylation is 1. The van der Waals surface area contributed by atoms with E-state index in [2.05, 4.69) is 30.7 Å². The molecule has 0 radical (unpaired) electrons. The molecular formula is C15H19ClN2. The second-order valence-corrected chi connectivity index (χ2v) is 5.84. The Morgan fingerprint density at radius 1 is 1.44 bits per heavy atom. The Morgan fingerprint density at radius 3 is 2.78 bits per heavy atom. The van der Waals surface area contributed by atoms with Crippen molar-refractivity contribution in [3.8, 4) is 0 Å². The first-order chi connectivity index (χ1) is 8.63. The maximum Gasteiger partial charge on any atom is 0.0483 e. The lowest BCUT2D eigenvalue weighted by Gasteiger charge is -2.15. The number of hydrogen-bond acceptors (Lipinski definition) is 1. The predicted molar refractivity (Wildman–Crippen MR) is 77.2 cm³/mol. The minimum absolute atomic E-state index is 0.493. The normalized spacial score (nSPS) is 17.3. The molecule has 2 N–H and O–H groups in total. The first kappa shape index (κ1) is 12.1. The first-order valence-corrected chi connectivity index (χ1v) is 6.95. The highest BCUT2D eigenvalue weighted by Crippen LogP contribution is 2.45. The highest BCUT2D eigenvalue weighted by atomic mass is 35.5. The van der Waals surface area contributed by atoms with Crippen LogP contribution >= 0.6 is 11.6 Å². The monoisotopic (exact) mass is 262 g/mol. The Hall–Kier alpha value is -0.990. The highest BCUT2D eigenvalue weighted by molar-refractivity contribution is 6.31. The van der Waals surface area contributed by atoms with E-state index >= 15 is 0 Å². The zero-order chi connectivity index (χ0) is 12.9. The lowest BCUT2D eigenvalue weighted by molar-refractivity contribution is 0.613. The van der Waals surface area contributed by atoms with E-state index in [9.17, 15) is 0 Å². The van der Waals surface area contributed by atoms with Gasteiger partial charge in [0.1, 0.15) is 0 Å². The molecular weight excluding hydrogens is 244 g/mol. The van der Waals surface area contributed by atoms with E-state index in [1.165, 1.54) is 35.0 Å². The molecule has 1 aliphatic carbocycles. The Bertz CT molecular complexity index is 596. The van der Waals surface area contributed by atoms with E-state index in [0.717, 1.165) is 17.5 Å². The van der Waals surface area contributed by atoms with Crippen molar-refractivity contribution in [3.05, 3.63) is 34.5 Å². The third kappa shape index (κ3) is 1.75. The Balaban J connectivity index is 2.25. The fourth-order valence-corrected chi connectivity index (χ4v) is 3.26. The number of fused-ring (bicyclic) bond motifs is 1. The van der Waals surface area contributed by atoms with Gasteiger partial charge in [0.15, 0.2) is 0 Å². The molecule has 0 bridgehead atoms. The van der Waals surface area contributed by atoms with E-state index in [-0.39, 0.29) is 0 Å². The molecule has 1 heterocycles. The average molecular weight is 263 g/mol. The van der Waals surface area contributed by atoms with Gasteiger partial charge in [0, 0.05) is 34.6 Å². The number of halogens is 1. The van der Waals surface area contributed by atoms with Gasteiger partial charge in [-0.2, -0.15) is 0 Å². The summed E-state index contributed by atoms with van der Waals surface area (Å²) in [7, 11) is 2.12. The van der Waals surface area contributed by atoms with Crippen molar-refractivity contribution in [2.45, 2.75) is 25.7 Å². The Labute approximate surface area is 113 Å². The second-order valence-electron chi connectivity index (χ2n) is 5.40. The number of rotatable bonds is 3. The Morgan fingerprint density at radius 2 is 2.17 bits per heavy atom. The summed E-state index contributed by atoms with van der Waals surface area (Å²) < 4.78 is 2.26. The summed E-state index contributed by atoms with van der Waals surface area (Å²) in [5.41, 5.74) is 10.0. The predicted octanol–water partition coefficient (Wildman–Crippen LogP) is 3.59. The maximum absolute atomic E-state index is 6.15. The van der Waals surface area contributed by atoms with E-state index in [0.29, 0.717) is 5.92 Å². The summed E-state index contributed by atoms with van der Waals surface area (Å²) in [6.07, 6.45) is 2.64. The molecule has 0 spiro atoms. The molecule has 1 fully saturated rings. The van der Waals surface area contributed by atoms with E-state index in [1.54, 1.807) is 0 Å². The van der Waals surface area contributed by atoms with Gasteiger partial charge in [-0.3, -0.25) is 0 Å². The fraction of sp³-hybridized carbons (Fsp3) is 0.467. The van der Waals surface area contributed by atoms with Crippen molar-refractivity contribution in [1.82, 2.24) is 4.57 Å². The van der Waals surface area contributed by atoms with Crippen LogP contribution in [0.1, 0.15) is 30.0 Å². The smallest absolute Gasteiger partial charge is 0.0483 e. The highest BCUT2D eigenvalue weighted by Gasteiger charge is 2.34. The molecule has 3 rings (SSSR count). The van der Waals surface area contributed by atoms with Crippen LogP contribution in [0.3, 0.4) is 0 Å². The molecule has 0 aliphatic heterocycles. The van der Waals surface area contributed by atoms with Gasteiger partial charge in [0.05, 0.1) is 0 Å². The number of hydrogen-bond donors (Lipinski definition) is 1. The molecule has 1 aromatic carbocycles. The molecule has 2 aromatic rings. The zero-order valence-corrected chi connectivity index (χ0v) is 11.7. The van der Waals surface area contributed by atoms with Gasteiger partial charge in [0.2, 0.25) is 0 Å². The zero-order valence-electron chi connectivity index (χ0n) is 10.9. The molecule has 18 heavy (non-hydrogen) atoms. The van der Waals surface area contributed by atoms with Crippen LogP contribution in [-0.4, -0.2) is 11.1 Å².